The summed E-state index contributed by atoms with van der Waals surface area (Å²) in [7, 11) is 1.70. The summed E-state index contributed by atoms with van der Waals surface area (Å²) in [6.45, 7) is 12.1. The first kappa shape index (κ1) is 29.9. The van der Waals surface area contributed by atoms with E-state index in [0.29, 0.717) is 31.2 Å². The molecule has 0 radical (unpaired) electrons. The Balaban J connectivity index is 1.64. The van der Waals surface area contributed by atoms with E-state index in [-0.39, 0.29) is 23.6 Å². The maximum absolute atomic E-state index is 13.3. The Morgan fingerprint density at radius 2 is 1.82 bits per heavy atom. The Morgan fingerprint density at radius 1 is 1.15 bits per heavy atom. The van der Waals surface area contributed by atoms with Gasteiger partial charge in [-0.3, -0.25) is 4.90 Å². The van der Waals surface area contributed by atoms with Crippen LogP contribution >= 0.6 is 0 Å². The highest BCUT2D eigenvalue weighted by Gasteiger charge is 2.31. The third-order valence-electron chi connectivity index (χ3n) is 7.70. The quantitative estimate of drug-likeness (QED) is 0.457. The molecule has 1 amide bonds. The van der Waals surface area contributed by atoms with Crippen LogP contribution in [0.3, 0.4) is 0 Å². The molecule has 2 aliphatic rings. The third kappa shape index (κ3) is 7.97. The molecule has 40 heavy (non-hydrogen) atoms. The van der Waals surface area contributed by atoms with Crippen LogP contribution in [0.25, 0.3) is 0 Å². The first-order valence-electron chi connectivity index (χ1n) is 14.4. The molecular formula is C30H46N6O4. The molecule has 2 aromatic rings. The zero-order valence-corrected chi connectivity index (χ0v) is 24.7. The minimum atomic E-state index is -0.658. The lowest BCUT2D eigenvalue weighted by molar-refractivity contribution is 0.0194. The second-order valence-electron chi connectivity index (χ2n) is 12.1. The van der Waals surface area contributed by atoms with Crippen LogP contribution in [0.1, 0.15) is 76.2 Å². The summed E-state index contributed by atoms with van der Waals surface area (Å²) in [4.78, 5) is 26.4. The fraction of sp³-hybridized carbons (Fsp3) is 0.633. The van der Waals surface area contributed by atoms with Crippen molar-refractivity contribution in [2.45, 2.75) is 84.1 Å². The van der Waals surface area contributed by atoms with Crippen LogP contribution in [0.2, 0.25) is 0 Å². The summed E-state index contributed by atoms with van der Waals surface area (Å²) in [6.07, 6.45) is 4.19. The number of amides is 1. The number of aromatic nitrogens is 2. The van der Waals surface area contributed by atoms with Gasteiger partial charge in [-0.2, -0.15) is 9.97 Å². The summed E-state index contributed by atoms with van der Waals surface area (Å²) in [5.74, 6) is 0.461. The molecule has 2 fully saturated rings. The smallest absolute Gasteiger partial charge is 0.410 e. The van der Waals surface area contributed by atoms with Crippen LogP contribution in [-0.2, 0) is 22.4 Å². The van der Waals surface area contributed by atoms with Crippen molar-refractivity contribution in [3.05, 3.63) is 41.1 Å². The van der Waals surface area contributed by atoms with Gasteiger partial charge < -0.3 is 30.6 Å². The molecule has 3 heterocycles. The summed E-state index contributed by atoms with van der Waals surface area (Å²) >= 11 is 0. The summed E-state index contributed by atoms with van der Waals surface area (Å²) in [5.41, 5.74) is 15.1. The molecule has 2 aliphatic heterocycles. The predicted molar refractivity (Wildman–Crippen MR) is 156 cm³/mol. The van der Waals surface area contributed by atoms with Gasteiger partial charge in [-0.25, -0.2) is 4.79 Å². The van der Waals surface area contributed by atoms with Gasteiger partial charge in [-0.05, 0) is 84.0 Å². The van der Waals surface area contributed by atoms with Gasteiger partial charge in [0.2, 0.25) is 0 Å². The van der Waals surface area contributed by atoms with Crippen LogP contribution in [0.5, 0.6) is 6.01 Å². The fourth-order valence-corrected chi connectivity index (χ4v) is 5.39. The normalized spacial score (nSPS) is 18.3. The van der Waals surface area contributed by atoms with Gasteiger partial charge in [0.25, 0.3) is 0 Å². The van der Waals surface area contributed by atoms with Crippen LogP contribution < -0.4 is 16.2 Å². The van der Waals surface area contributed by atoms with Crippen molar-refractivity contribution in [3.8, 4) is 6.01 Å². The minimum absolute atomic E-state index is 0.121. The number of likely N-dealkylation sites (tertiary alicyclic amines) is 1. The number of likely N-dealkylation sites (N-methyl/N-ethyl adjacent to an activating group) is 1. The number of anilines is 2. The van der Waals surface area contributed by atoms with Crippen LogP contribution in [0, 0.1) is 5.92 Å². The minimum Gasteiger partial charge on any atom is -0.460 e. The lowest BCUT2D eigenvalue weighted by Gasteiger charge is -2.32. The van der Waals surface area contributed by atoms with Crippen molar-refractivity contribution in [2.75, 3.05) is 44.8 Å². The Kier molecular flexibility index (Phi) is 9.73. The van der Waals surface area contributed by atoms with E-state index >= 15 is 0 Å². The van der Waals surface area contributed by atoms with Crippen molar-refractivity contribution < 1.29 is 19.0 Å². The topological polar surface area (TPSA) is 129 Å². The Bertz CT molecular complexity index is 1140. The molecule has 2 unspecified atom stereocenters. The summed E-state index contributed by atoms with van der Waals surface area (Å²) in [5, 5.41) is 0. The molecule has 0 bridgehead atoms. The number of carbonyl (C=O) groups is 1. The van der Waals surface area contributed by atoms with E-state index in [0.717, 1.165) is 38.0 Å². The Labute approximate surface area is 238 Å². The molecular weight excluding hydrogens is 508 g/mol. The first-order chi connectivity index (χ1) is 19.0. The SMILES string of the molecule is CC(Oc1nc(N)c(N)c(C(Cc2cccc(CN3CCCC3)c2)N(C)C(=O)OC(C)(C)C)n1)C1CCOCC1. The molecule has 0 spiro atoms. The lowest BCUT2D eigenvalue weighted by atomic mass is 9.95. The molecule has 10 heteroatoms. The number of hydrogen-bond donors (Lipinski definition) is 2. The number of benzene rings is 1. The maximum atomic E-state index is 13.3. The van der Waals surface area contributed by atoms with Gasteiger partial charge in [-0.1, -0.05) is 24.3 Å². The van der Waals surface area contributed by atoms with Gasteiger partial charge in [-0.15, -0.1) is 0 Å². The molecule has 4 N–H and O–H groups in total. The van der Waals surface area contributed by atoms with Gasteiger partial charge in [0.05, 0.1) is 17.4 Å². The molecule has 1 aromatic heterocycles. The fourth-order valence-electron chi connectivity index (χ4n) is 5.39. The van der Waals surface area contributed by atoms with Gasteiger partial charge in [0, 0.05) is 32.7 Å². The van der Waals surface area contributed by atoms with E-state index in [1.165, 1.54) is 18.4 Å². The van der Waals surface area contributed by atoms with Crippen LogP contribution in [0.4, 0.5) is 16.3 Å². The second kappa shape index (κ2) is 13.0. The second-order valence-corrected chi connectivity index (χ2v) is 12.1. The van der Waals surface area contributed by atoms with Gasteiger partial charge >= 0.3 is 12.1 Å². The number of nitrogens with zero attached hydrogens (tertiary/aromatic N) is 4. The lowest BCUT2D eigenvalue weighted by Crippen LogP contribution is -2.38. The molecule has 220 valence electrons. The first-order valence-corrected chi connectivity index (χ1v) is 14.4. The Hall–Kier alpha value is -3.11. The van der Waals surface area contributed by atoms with E-state index in [1.807, 2.05) is 27.7 Å². The molecule has 1 aromatic carbocycles. The number of ether oxygens (including phenoxy) is 3. The highest BCUT2D eigenvalue weighted by atomic mass is 16.6. The number of nitrogen functional groups attached to an aromatic ring is 2. The Morgan fingerprint density at radius 3 is 2.50 bits per heavy atom. The molecule has 4 rings (SSSR count). The van der Waals surface area contributed by atoms with Crippen LogP contribution in [-0.4, -0.2) is 70.9 Å². The van der Waals surface area contributed by atoms with E-state index in [9.17, 15) is 4.79 Å². The van der Waals surface area contributed by atoms with Gasteiger partial charge in [0.1, 0.15) is 11.7 Å². The largest absolute Gasteiger partial charge is 0.460 e. The van der Waals surface area contributed by atoms with Crippen molar-refractivity contribution in [3.63, 3.8) is 0 Å². The monoisotopic (exact) mass is 554 g/mol. The van der Waals surface area contributed by atoms with E-state index in [4.69, 9.17) is 30.7 Å². The number of rotatable bonds is 9. The zero-order valence-electron chi connectivity index (χ0n) is 24.7. The average Bonchev–Trinajstić information content (AvgIpc) is 3.42. The number of hydrogen-bond acceptors (Lipinski definition) is 9. The van der Waals surface area contributed by atoms with E-state index < -0.39 is 17.7 Å². The number of nitrogens with two attached hydrogens (primary N) is 2. The van der Waals surface area contributed by atoms with Crippen molar-refractivity contribution in [1.29, 1.82) is 0 Å². The summed E-state index contributed by atoms with van der Waals surface area (Å²) < 4.78 is 17.4. The highest BCUT2D eigenvalue weighted by molar-refractivity contribution is 5.70. The molecule has 0 saturated carbocycles. The third-order valence-corrected chi connectivity index (χ3v) is 7.70. The van der Waals surface area contributed by atoms with Crippen molar-refractivity contribution in [2.24, 2.45) is 5.92 Å². The van der Waals surface area contributed by atoms with Crippen molar-refractivity contribution in [1.82, 2.24) is 19.8 Å². The van der Waals surface area contributed by atoms with E-state index in [1.54, 1.807) is 11.9 Å². The zero-order chi connectivity index (χ0) is 28.9. The maximum Gasteiger partial charge on any atom is 0.410 e. The highest BCUT2D eigenvalue weighted by Crippen LogP contribution is 2.33. The molecule has 10 nitrogen and oxygen atoms in total. The van der Waals surface area contributed by atoms with Crippen LogP contribution in [0.15, 0.2) is 24.3 Å². The predicted octanol–water partition coefficient (Wildman–Crippen LogP) is 4.58. The van der Waals surface area contributed by atoms with Crippen molar-refractivity contribution >= 4 is 17.6 Å². The molecule has 0 aliphatic carbocycles. The van der Waals surface area contributed by atoms with E-state index in [2.05, 4.69) is 34.1 Å². The molecule has 2 saturated heterocycles. The van der Waals surface area contributed by atoms with Gasteiger partial charge in [0.15, 0.2) is 5.82 Å². The standard InChI is InChI=1S/C30H46N6O4/c1-20(23-11-15-38-16-12-23)39-28-33-26(25(31)27(32)34-28)24(35(5)29(37)40-30(2,3)4)18-21-9-8-10-22(17-21)19-36-13-6-7-14-36/h8-10,17,20,23-24H,6-7,11-16,18-19,31H2,1-5H3,(H2,32,33,34). The number of carbonyl (C=O) groups excluding carboxylic acids is 1. The summed E-state index contributed by atoms with van der Waals surface area (Å²) in [6, 6.07) is 8.07. The molecule has 2 atom stereocenters. The average molecular weight is 555 g/mol.